The normalized spacial score (nSPS) is 11.2. The Kier molecular flexibility index (Phi) is 6.17. The molecule has 2 rings (SSSR count). The Hall–Kier alpha value is -3.04. The van der Waals surface area contributed by atoms with Crippen LogP contribution in [0.5, 0.6) is 11.5 Å². The van der Waals surface area contributed by atoms with E-state index in [0.29, 0.717) is 29.4 Å². The zero-order valence-corrected chi connectivity index (χ0v) is 13.6. The van der Waals surface area contributed by atoms with Gasteiger partial charge in [0.25, 0.3) is 0 Å². The van der Waals surface area contributed by atoms with Gasteiger partial charge in [-0.1, -0.05) is 0 Å². The van der Waals surface area contributed by atoms with Crippen LogP contribution in [0.1, 0.15) is 12.5 Å². The predicted octanol–water partition coefficient (Wildman–Crippen LogP) is 3.51. The highest BCUT2D eigenvalue weighted by molar-refractivity contribution is 5.89. The molecule has 1 unspecified atom stereocenters. The maximum Gasteiger partial charge on any atom is 0.319 e. The third kappa shape index (κ3) is 5.30. The Morgan fingerprint density at radius 1 is 1.12 bits per heavy atom. The molecule has 6 heteroatoms. The van der Waals surface area contributed by atoms with Gasteiger partial charge in [-0.2, -0.15) is 5.26 Å². The van der Waals surface area contributed by atoms with Gasteiger partial charge < -0.3 is 20.1 Å². The number of carbonyl (C=O) groups excluding carboxylic acids is 1. The number of benzene rings is 2. The molecule has 1 atom stereocenters. The van der Waals surface area contributed by atoms with E-state index in [0.717, 1.165) is 0 Å². The van der Waals surface area contributed by atoms with E-state index in [1.807, 2.05) is 6.92 Å². The summed E-state index contributed by atoms with van der Waals surface area (Å²) in [6.45, 7) is 2.31. The van der Waals surface area contributed by atoms with E-state index >= 15 is 0 Å². The molecule has 0 aromatic heterocycles. The molecule has 2 aromatic rings. The van der Waals surface area contributed by atoms with Crippen molar-refractivity contribution in [1.29, 1.82) is 5.26 Å². The average molecular weight is 325 g/mol. The maximum absolute atomic E-state index is 11.8. The highest BCUT2D eigenvalue weighted by Crippen LogP contribution is 2.23. The number of urea groups is 1. The van der Waals surface area contributed by atoms with Crippen molar-refractivity contribution in [2.75, 3.05) is 19.0 Å². The summed E-state index contributed by atoms with van der Waals surface area (Å²) in [5.74, 6) is 1.28. The molecule has 124 valence electrons. The summed E-state index contributed by atoms with van der Waals surface area (Å²) in [6, 6.07) is 15.5. The van der Waals surface area contributed by atoms with Gasteiger partial charge in [0, 0.05) is 12.8 Å². The number of hydrogen-bond acceptors (Lipinski definition) is 4. The molecule has 2 aromatic carbocycles. The summed E-state index contributed by atoms with van der Waals surface area (Å²) in [6.07, 6.45) is 0. The number of methoxy groups -OCH3 is 1. The Labute approximate surface area is 141 Å². The zero-order valence-electron chi connectivity index (χ0n) is 13.6. The smallest absolute Gasteiger partial charge is 0.319 e. The van der Waals surface area contributed by atoms with Gasteiger partial charge in [-0.05, 0) is 55.5 Å². The second-order valence-corrected chi connectivity index (χ2v) is 5.22. The SMILES string of the molecule is COCC(C)NC(=O)Nc1ccc(Oc2ccc(C#N)cc2)cc1. The summed E-state index contributed by atoms with van der Waals surface area (Å²) in [5, 5.41) is 14.3. The molecule has 0 saturated carbocycles. The van der Waals surface area contributed by atoms with Gasteiger partial charge in [-0.25, -0.2) is 4.79 Å². The number of nitrogens with zero attached hydrogens (tertiary/aromatic N) is 1. The molecule has 0 fully saturated rings. The van der Waals surface area contributed by atoms with Crippen molar-refractivity contribution in [2.45, 2.75) is 13.0 Å². The first-order chi connectivity index (χ1) is 11.6. The molecule has 2 amide bonds. The van der Waals surface area contributed by atoms with Gasteiger partial charge in [0.2, 0.25) is 0 Å². The standard InChI is InChI=1S/C18H19N3O3/c1-13(12-23-2)20-18(22)21-15-5-9-17(10-6-15)24-16-7-3-14(11-19)4-8-16/h3-10,13H,12H2,1-2H3,(H2,20,21,22). The average Bonchev–Trinajstić information content (AvgIpc) is 2.57. The number of ether oxygens (including phenoxy) is 2. The summed E-state index contributed by atoms with van der Waals surface area (Å²) in [5.41, 5.74) is 1.24. The van der Waals surface area contributed by atoms with Crippen LogP contribution in [0.25, 0.3) is 0 Å². The highest BCUT2D eigenvalue weighted by atomic mass is 16.5. The quantitative estimate of drug-likeness (QED) is 0.851. The molecule has 24 heavy (non-hydrogen) atoms. The third-order valence-electron chi connectivity index (χ3n) is 3.13. The highest BCUT2D eigenvalue weighted by Gasteiger charge is 2.07. The van der Waals surface area contributed by atoms with Crippen LogP contribution in [0.15, 0.2) is 48.5 Å². The lowest BCUT2D eigenvalue weighted by Crippen LogP contribution is -2.38. The van der Waals surface area contributed by atoms with Crippen LogP contribution in [0.2, 0.25) is 0 Å². The molecular formula is C18H19N3O3. The first-order valence-corrected chi connectivity index (χ1v) is 7.45. The Morgan fingerprint density at radius 3 is 2.25 bits per heavy atom. The molecule has 0 aliphatic carbocycles. The molecule has 0 saturated heterocycles. The molecule has 0 heterocycles. The van der Waals surface area contributed by atoms with Crippen molar-refractivity contribution in [2.24, 2.45) is 0 Å². The number of amides is 2. The van der Waals surface area contributed by atoms with Gasteiger partial charge >= 0.3 is 6.03 Å². The third-order valence-corrected chi connectivity index (χ3v) is 3.13. The van der Waals surface area contributed by atoms with Crippen molar-refractivity contribution in [1.82, 2.24) is 5.32 Å². The van der Waals surface area contributed by atoms with Crippen LogP contribution < -0.4 is 15.4 Å². The summed E-state index contributed by atoms with van der Waals surface area (Å²) < 4.78 is 10.6. The first-order valence-electron chi connectivity index (χ1n) is 7.45. The van der Waals surface area contributed by atoms with Crippen LogP contribution in [0.3, 0.4) is 0 Å². The van der Waals surface area contributed by atoms with Crippen molar-refractivity contribution < 1.29 is 14.3 Å². The fourth-order valence-corrected chi connectivity index (χ4v) is 2.02. The minimum Gasteiger partial charge on any atom is -0.457 e. The lowest BCUT2D eigenvalue weighted by molar-refractivity contribution is 0.173. The Morgan fingerprint density at radius 2 is 1.71 bits per heavy atom. The number of nitrogens with one attached hydrogen (secondary N) is 2. The van der Waals surface area contributed by atoms with Crippen LogP contribution >= 0.6 is 0 Å². The maximum atomic E-state index is 11.8. The lowest BCUT2D eigenvalue weighted by atomic mass is 10.2. The molecule has 0 bridgehead atoms. The van der Waals surface area contributed by atoms with Crippen LogP contribution in [0.4, 0.5) is 10.5 Å². The van der Waals surface area contributed by atoms with Gasteiger partial charge in [0.15, 0.2) is 0 Å². The van der Waals surface area contributed by atoms with E-state index in [9.17, 15) is 4.79 Å². The number of hydrogen-bond donors (Lipinski definition) is 2. The van der Waals surface area contributed by atoms with E-state index < -0.39 is 0 Å². The number of rotatable bonds is 6. The van der Waals surface area contributed by atoms with Crippen LogP contribution in [-0.4, -0.2) is 25.8 Å². The Balaban J connectivity index is 1.90. The molecule has 6 nitrogen and oxygen atoms in total. The van der Waals surface area contributed by atoms with Crippen molar-refractivity contribution in [3.8, 4) is 17.6 Å². The molecule has 0 aliphatic rings. The van der Waals surface area contributed by atoms with E-state index in [1.165, 1.54) is 0 Å². The minimum absolute atomic E-state index is 0.0750. The predicted molar refractivity (Wildman–Crippen MR) is 91.2 cm³/mol. The topological polar surface area (TPSA) is 83.4 Å². The lowest BCUT2D eigenvalue weighted by Gasteiger charge is -2.14. The van der Waals surface area contributed by atoms with Crippen molar-refractivity contribution in [3.05, 3.63) is 54.1 Å². The summed E-state index contributed by atoms with van der Waals surface area (Å²) >= 11 is 0. The van der Waals surface area contributed by atoms with Gasteiger partial charge in [0.1, 0.15) is 11.5 Å². The molecule has 0 spiro atoms. The fourth-order valence-electron chi connectivity index (χ4n) is 2.02. The molecule has 0 radical (unpaired) electrons. The molecule has 0 aliphatic heterocycles. The van der Waals surface area contributed by atoms with Gasteiger partial charge in [-0.15, -0.1) is 0 Å². The van der Waals surface area contributed by atoms with Gasteiger partial charge in [-0.3, -0.25) is 0 Å². The zero-order chi connectivity index (χ0) is 17.4. The number of anilines is 1. The van der Waals surface area contributed by atoms with E-state index in [2.05, 4.69) is 16.7 Å². The van der Waals surface area contributed by atoms with E-state index in [1.54, 1.807) is 55.6 Å². The second kappa shape index (κ2) is 8.56. The van der Waals surface area contributed by atoms with E-state index in [-0.39, 0.29) is 12.1 Å². The van der Waals surface area contributed by atoms with E-state index in [4.69, 9.17) is 14.7 Å². The van der Waals surface area contributed by atoms with Gasteiger partial charge in [0.05, 0.1) is 24.3 Å². The number of nitriles is 1. The largest absolute Gasteiger partial charge is 0.457 e. The Bertz CT molecular complexity index is 706. The van der Waals surface area contributed by atoms with Crippen LogP contribution in [0, 0.1) is 11.3 Å². The van der Waals surface area contributed by atoms with Crippen LogP contribution in [-0.2, 0) is 4.74 Å². The summed E-state index contributed by atoms with van der Waals surface area (Å²) in [7, 11) is 1.59. The molecular weight excluding hydrogens is 306 g/mol. The molecule has 2 N–H and O–H groups in total. The van der Waals surface area contributed by atoms with Crippen molar-refractivity contribution in [3.63, 3.8) is 0 Å². The first kappa shape index (κ1) is 17.3. The summed E-state index contributed by atoms with van der Waals surface area (Å²) in [4.78, 5) is 11.8. The number of carbonyl (C=O) groups is 1. The minimum atomic E-state index is -0.291. The monoisotopic (exact) mass is 325 g/mol. The second-order valence-electron chi connectivity index (χ2n) is 5.22. The fraction of sp³-hybridized carbons (Fsp3) is 0.222. The van der Waals surface area contributed by atoms with Crippen molar-refractivity contribution >= 4 is 11.7 Å².